The molecule has 0 radical (unpaired) electrons. The summed E-state index contributed by atoms with van der Waals surface area (Å²) in [6.07, 6.45) is 11.6. The number of nitrogens with one attached hydrogen (secondary N) is 1. The fraction of sp³-hybridized carbons (Fsp3) is 0.348. The van der Waals surface area contributed by atoms with E-state index in [4.69, 9.17) is 0 Å². The van der Waals surface area contributed by atoms with E-state index in [1.54, 1.807) is 18.6 Å². The van der Waals surface area contributed by atoms with Crippen molar-refractivity contribution in [3.63, 3.8) is 0 Å². The molecule has 1 fully saturated rings. The zero-order valence-electron chi connectivity index (χ0n) is 16.8. The summed E-state index contributed by atoms with van der Waals surface area (Å²) >= 11 is 0. The summed E-state index contributed by atoms with van der Waals surface area (Å²) in [5, 5.41) is 5.87. The monoisotopic (exact) mass is 375 g/mol. The summed E-state index contributed by atoms with van der Waals surface area (Å²) in [7, 11) is 2.20. The summed E-state index contributed by atoms with van der Waals surface area (Å²) in [5.74, 6) is 0.886. The summed E-state index contributed by atoms with van der Waals surface area (Å²) in [6.45, 7) is 6.72. The van der Waals surface area contributed by atoms with Gasteiger partial charge < -0.3 is 10.2 Å². The van der Waals surface area contributed by atoms with Gasteiger partial charge >= 0.3 is 0 Å². The van der Waals surface area contributed by atoms with Crippen molar-refractivity contribution in [3.05, 3.63) is 60.8 Å². The van der Waals surface area contributed by atoms with Crippen LogP contribution < -0.4 is 5.32 Å². The van der Waals surface area contributed by atoms with Crippen LogP contribution in [0, 0.1) is 5.41 Å². The van der Waals surface area contributed by atoms with Crippen LogP contribution in [0.25, 0.3) is 22.0 Å². The second-order valence-corrected chi connectivity index (χ2v) is 7.91. The molecule has 3 aromatic rings. The molecule has 0 amide bonds. The Hall–Kier alpha value is -2.79. The van der Waals surface area contributed by atoms with Crippen molar-refractivity contribution in [1.82, 2.24) is 19.9 Å². The largest absolute Gasteiger partial charge is 0.344 e. The van der Waals surface area contributed by atoms with Gasteiger partial charge in [-0.3, -0.25) is 9.97 Å². The van der Waals surface area contributed by atoms with Crippen molar-refractivity contribution in [2.24, 2.45) is 5.41 Å². The normalized spacial score (nSPS) is 17.6. The number of piperidine rings is 1. The molecule has 1 aliphatic heterocycles. The fourth-order valence-corrected chi connectivity index (χ4v) is 3.91. The third kappa shape index (κ3) is 3.76. The van der Waals surface area contributed by atoms with Gasteiger partial charge in [-0.15, -0.1) is 0 Å². The molecule has 2 aromatic heterocycles. The lowest BCUT2D eigenvalue weighted by molar-refractivity contribution is 0.171. The zero-order chi connectivity index (χ0) is 19.6. The minimum Gasteiger partial charge on any atom is -0.344 e. The number of likely N-dealkylation sites (tertiary alicyclic amines) is 1. The Bertz CT molecular complexity index is 995. The van der Waals surface area contributed by atoms with Crippen LogP contribution in [-0.4, -0.2) is 40.0 Å². The number of hydrogen-bond acceptors (Lipinski definition) is 5. The van der Waals surface area contributed by atoms with E-state index >= 15 is 0 Å². The van der Waals surface area contributed by atoms with E-state index in [0.717, 1.165) is 53.8 Å². The molecule has 0 spiro atoms. The molecule has 28 heavy (non-hydrogen) atoms. The maximum atomic E-state index is 4.65. The van der Waals surface area contributed by atoms with Crippen molar-refractivity contribution >= 4 is 16.6 Å². The average molecular weight is 376 g/mol. The van der Waals surface area contributed by atoms with Crippen LogP contribution in [0.5, 0.6) is 0 Å². The van der Waals surface area contributed by atoms with Gasteiger partial charge in [-0.1, -0.05) is 25.1 Å². The predicted octanol–water partition coefficient (Wildman–Crippen LogP) is 4.99. The SMILES string of the molecule is C/C=C(/Nc1cc2cc(-c3cnccn3)ccc2cn1)C1(C)CCN(C)CC1.[HH]. The first-order valence-electron chi connectivity index (χ1n) is 9.86. The third-order valence-corrected chi connectivity index (χ3v) is 5.87. The Kier molecular flexibility index (Phi) is 5.09. The number of rotatable bonds is 4. The Morgan fingerprint density at radius 2 is 1.93 bits per heavy atom. The standard InChI is InChI=1S/C23H27N5.H2/c1-4-21(23(2)7-11-28(3)12-8-23)27-22-14-19-13-17(5-6-18(19)15-26-22)20-16-24-9-10-25-20;/h4-6,9-10,13-16H,7-8,11-12H2,1-3H3,(H,26,27);1H/b21-4+;. The van der Waals surface area contributed by atoms with Gasteiger partial charge in [-0.05, 0) is 57.4 Å². The highest BCUT2D eigenvalue weighted by Gasteiger charge is 2.32. The van der Waals surface area contributed by atoms with Crippen molar-refractivity contribution in [3.8, 4) is 11.3 Å². The van der Waals surface area contributed by atoms with Crippen LogP contribution in [-0.2, 0) is 0 Å². The molecular weight excluding hydrogens is 346 g/mol. The van der Waals surface area contributed by atoms with Crippen molar-refractivity contribution in [1.29, 1.82) is 0 Å². The summed E-state index contributed by atoms with van der Waals surface area (Å²) < 4.78 is 0. The van der Waals surface area contributed by atoms with Gasteiger partial charge in [0.2, 0.25) is 0 Å². The lowest BCUT2D eigenvalue weighted by Crippen LogP contribution is -2.38. The molecule has 1 aromatic carbocycles. The number of benzene rings is 1. The Morgan fingerprint density at radius 3 is 2.64 bits per heavy atom. The molecule has 5 nitrogen and oxygen atoms in total. The van der Waals surface area contributed by atoms with Gasteiger partial charge in [0.15, 0.2) is 0 Å². The van der Waals surface area contributed by atoms with E-state index in [2.05, 4.69) is 76.4 Å². The fourth-order valence-electron chi connectivity index (χ4n) is 3.91. The lowest BCUT2D eigenvalue weighted by Gasteiger charge is -2.40. The quantitative estimate of drug-likeness (QED) is 0.696. The number of fused-ring (bicyclic) bond motifs is 1. The highest BCUT2D eigenvalue weighted by atomic mass is 15.1. The van der Waals surface area contributed by atoms with E-state index in [1.807, 2.05) is 6.20 Å². The minimum absolute atomic E-state index is 0. The molecule has 0 unspecified atom stereocenters. The minimum atomic E-state index is 0. The van der Waals surface area contributed by atoms with E-state index in [-0.39, 0.29) is 6.84 Å². The summed E-state index contributed by atoms with van der Waals surface area (Å²) in [6, 6.07) is 8.43. The van der Waals surface area contributed by atoms with E-state index in [1.165, 1.54) is 5.70 Å². The number of anilines is 1. The second kappa shape index (κ2) is 7.68. The second-order valence-electron chi connectivity index (χ2n) is 7.91. The zero-order valence-corrected chi connectivity index (χ0v) is 16.8. The van der Waals surface area contributed by atoms with E-state index < -0.39 is 0 Å². The first kappa shape index (κ1) is 18.6. The molecule has 0 bridgehead atoms. The van der Waals surface area contributed by atoms with Gasteiger partial charge in [0.1, 0.15) is 5.82 Å². The van der Waals surface area contributed by atoms with Crippen LogP contribution in [0.3, 0.4) is 0 Å². The van der Waals surface area contributed by atoms with Crippen LogP contribution >= 0.6 is 0 Å². The van der Waals surface area contributed by atoms with Crippen LogP contribution in [0.15, 0.2) is 60.8 Å². The molecule has 0 saturated carbocycles. The van der Waals surface area contributed by atoms with Crippen LogP contribution in [0.2, 0.25) is 0 Å². The topological polar surface area (TPSA) is 53.9 Å². The Balaban J connectivity index is 0.00000240. The molecular formula is C23H29N5. The molecule has 4 rings (SSSR count). The van der Waals surface area contributed by atoms with E-state index in [0.29, 0.717) is 0 Å². The molecule has 3 heterocycles. The van der Waals surface area contributed by atoms with Gasteiger partial charge in [-0.25, -0.2) is 4.98 Å². The smallest absolute Gasteiger partial charge is 0.130 e. The highest BCUT2D eigenvalue weighted by Crippen LogP contribution is 2.38. The first-order chi connectivity index (χ1) is 13.6. The Morgan fingerprint density at radius 1 is 1.11 bits per heavy atom. The number of nitrogens with zero attached hydrogens (tertiary/aromatic N) is 4. The van der Waals surface area contributed by atoms with Gasteiger partial charge in [0.25, 0.3) is 0 Å². The van der Waals surface area contributed by atoms with Gasteiger partial charge in [-0.2, -0.15) is 0 Å². The van der Waals surface area contributed by atoms with Gasteiger partial charge in [0, 0.05) is 42.1 Å². The van der Waals surface area contributed by atoms with Crippen molar-refractivity contribution in [2.75, 3.05) is 25.5 Å². The van der Waals surface area contributed by atoms with Crippen LogP contribution in [0.4, 0.5) is 5.82 Å². The molecule has 146 valence electrons. The number of aromatic nitrogens is 3. The lowest BCUT2D eigenvalue weighted by atomic mass is 9.77. The summed E-state index contributed by atoms with van der Waals surface area (Å²) in [4.78, 5) is 15.6. The number of pyridine rings is 1. The highest BCUT2D eigenvalue weighted by molar-refractivity contribution is 5.88. The van der Waals surface area contributed by atoms with Crippen molar-refractivity contribution in [2.45, 2.75) is 26.7 Å². The average Bonchev–Trinajstić information content (AvgIpc) is 2.74. The molecule has 1 aliphatic rings. The Labute approximate surface area is 168 Å². The predicted molar refractivity (Wildman–Crippen MR) is 117 cm³/mol. The maximum Gasteiger partial charge on any atom is 0.130 e. The molecule has 0 aliphatic carbocycles. The van der Waals surface area contributed by atoms with Gasteiger partial charge in [0.05, 0.1) is 11.9 Å². The first-order valence-corrected chi connectivity index (χ1v) is 9.86. The molecule has 5 heteroatoms. The summed E-state index contributed by atoms with van der Waals surface area (Å²) in [5.41, 5.74) is 3.37. The van der Waals surface area contributed by atoms with Crippen molar-refractivity contribution < 1.29 is 1.43 Å². The van der Waals surface area contributed by atoms with Crippen LogP contribution in [0.1, 0.15) is 28.1 Å². The third-order valence-electron chi connectivity index (χ3n) is 5.87. The molecule has 1 saturated heterocycles. The number of allylic oxidation sites excluding steroid dienone is 2. The van der Waals surface area contributed by atoms with E-state index in [9.17, 15) is 0 Å². The molecule has 0 atom stereocenters. The number of hydrogen-bond donors (Lipinski definition) is 1. The maximum absolute atomic E-state index is 4.65. The molecule has 1 N–H and O–H groups in total.